The number of pyridine rings is 1. The van der Waals surface area contributed by atoms with Crippen LogP contribution >= 0.6 is 0 Å². The molecule has 1 heterocycles. The number of likely N-dealkylation sites (N-methyl/N-ethyl adjacent to an activating group) is 1. The maximum atomic E-state index is 5.88. The summed E-state index contributed by atoms with van der Waals surface area (Å²) in [5.74, 6) is 1.43. The molecule has 23 heavy (non-hydrogen) atoms. The molecule has 0 spiro atoms. The van der Waals surface area contributed by atoms with Crippen molar-refractivity contribution in [1.29, 1.82) is 0 Å². The minimum absolute atomic E-state index is 0.0114. The fourth-order valence-electron chi connectivity index (χ4n) is 2.40. The Morgan fingerprint density at radius 1 is 1.13 bits per heavy atom. The zero-order chi connectivity index (χ0) is 17.0. The SMILES string of the molecule is CN(C)CCOc1ccc(-c2cccc(N)n2)c(C(C)(C)C)c1. The van der Waals surface area contributed by atoms with Gasteiger partial charge >= 0.3 is 0 Å². The van der Waals surface area contributed by atoms with Crippen LogP contribution in [0.5, 0.6) is 5.75 Å². The smallest absolute Gasteiger partial charge is 0.124 e. The van der Waals surface area contributed by atoms with E-state index in [0.717, 1.165) is 23.6 Å². The minimum atomic E-state index is -0.0114. The van der Waals surface area contributed by atoms with Gasteiger partial charge in [0.2, 0.25) is 0 Å². The summed E-state index contributed by atoms with van der Waals surface area (Å²) in [7, 11) is 4.08. The van der Waals surface area contributed by atoms with E-state index in [1.165, 1.54) is 5.56 Å². The highest BCUT2D eigenvalue weighted by atomic mass is 16.5. The first-order valence-electron chi connectivity index (χ1n) is 7.92. The predicted octanol–water partition coefficient (Wildman–Crippen LogP) is 3.57. The van der Waals surface area contributed by atoms with Gasteiger partial charge in [0.15, 0.2) is 0 Å². The fourth-order valence-corrected chi connectivity index (χ4v) is 2.40. The zero-order valence-corrected chi connectivity index (χ0v) is 14.8. The first-order chi connectivity index (χ1) is 10.8. The number of hydrogen-bond donors (Lipinski definition) is 1. The van der Waals surface area contributed by atoms with Crippen molar-refractivity contribution in [3.63, 3.8) is 0 Å². The van der Waals surface area contributed by atoms with Crippen molar-refractivity contribution in [2.24, 2.45) is 0 Å². The third kappa shape index (κ3) is 4.70. The van der Waals surface area contributed by atoms with E-state index in [4.69, 9.17) is 10.5 Å². The summed E-state index contributed by atoms with van der Waals surface area (Å²) >= 11 is 0. The number of benzene rings is 1. The van der Waals surface area contributed by atoms with E-state index >= 15 is 0 Å². The topological polar surface area (TPSA) is 51.4 Å². The van der Waals surface area contributed by atoms with Crippen LogP contribution in [0.25, 0.3) is 11.3 Å². The number of aromatic nitrogens is 1. The van der Waals surface area contributed by atoms with Gasteiger partial charge in [0.1, 0.15) is 18.2 Å². The third-order valence-corrected chi connectivity index (χ3v) is 3.65. The van der Waals surface area contributed by atoms with E-state index in [0.29, 0.717) is 12.4 Å². The second-order valence-corrected chi connectivity index (χ2v) is 7.06. The van der Waals surface area contributed by atoms with Crippen LogP contribution < -0.4 is 10.5 Å². The van der Waals surface area contributed by atoms with Crippen LogP contribution in [0, 0.1) is 0 Å². The maximum absolute atomic E-state index is 5.88. The molecule has 0 fully saturated rings. The van der Waals surface area contributed by atoms with Crippen molar-refractivity contribution >= 4 is 5.82 Å². The van der Waals surface area contributed by atoms with Crippen LogP contribution in [0.2, 0.25) is 0 Å². The second kappa shape index (κ2) is 7.01. The molecule has 2 rings (SSSR count). The summed E-state index contributed by atoms with van der Waals surface area (Å²) in [5.41, 5.74) is 9.03. The van der Waals surface area contributed by atoms with E-state index in [9.17, 15) is 0 Å². The Hall–Kier alpha value is -2.07. The summed E-state index contributed by atoms with van der Waals surface area (Å²) in [6, 6.07) is 11.9. The van der Waals surface area contributed by atoms with E-state index < -0.39 is 0 Å². The van der Waals surface area contributed by atoms with Crippen molar-refractivity contribution in [3.8, 4) is 17.0 Å². The Balaban J connectivity index is 2.36. The van der Waals surface area contributed by atoms with Gasteiger partial charge < -0.3 is 15.4 Å². The van der Waals surface area contributed by atoms with Crippen LogP contribution in [-0.2, 0) is 5.41 Å². The number of rotatable bonds is 5. The molecule has 0 saturated heterocycles. The van der Waals surface area contributed by atoms with E-state index in [1.54, 1.807) is 6.07 Å². The lowest BCUT2D eigenvalue weighted by molar-refractivity contribution is 0.261. The quantitative estimate of drug-likeness (QED) is 0.917. The number of nitrogen functional groups attached to an aromatic ring is 1. The van der Waals surface area contributed by atoms with Gasteiger partial charge in [-0.25, -0.2) is 4.98 Å². The average Bonchev–Trinajstić information content (AvgIpc) is 2.46. The first kappa shape index (κ1) is 17.3. The predicted molar refractivity (Wildman–Crippen MR) is 96.8 cm³/mol. The summed E-state index contributed by atoms with van der Waals surface area (Å²) in [6.45, 7) is 8.15. The number of nitrogens with two attached hydrogens (primary N) is 1. The molecule has 0 aliphatic rings. The summed E-state index contributed by atoms with van der Waals surface area (Å²) in [5, 5.41) is 0. The Labute approximate surface area is 139 Å². The van der Waals surface area contributed by atoms with Gasteiger partial charge in [0.05, 0.1) is 5.69 Å². The van der Waals surface area contributed by atoms with Gasteiger partial charge in [-0.3, -0.25) is 0 Å². The molecule has 1 aromatic carbocycles. The summed E-state index contributed by atoms with van der Waals surface area (Å²) in [6.07, 6.45) is 0. The molecule has 0 aliphatic carbocycles. The highest BCUT2D eigenvalue weighted by Gasteiger charge is 2.20. The number of anilines is 1. The molecule has 0 amide bonds. The standard InChI is InChI=1S/C19H27N3O/c1-19(2,3)16-13-14(23-12-11-22(4)5)9-10-15(16)17-7-6-8-18(20)21-17/h6-10,13H,11-12H2,1-5H3,(H2,20,21). The van der Waals surface area contributed by atoms with Gasteiger partial charge in [-0.15, -0.1) is 0 Å². The lowest BCUT2D eigenvalue weighted by Gasteiger charge is -2.24. The molecule has 4 nitrogen and oxygen atoms in total. The molecule has 1 aromatic heterocycles. The minimum Gasteiger partial charge on any atom is -0.492 e. The summed E-state index contributed by atoms with van der Waals surface area (Å²) in [4.78, 5) is 6.57. The van der Waals surface area contributed by atoms with Gasteiger partial charge in [-0.2, -0.15) is 0 Å². The Bertz CT molecular complexity index is 660. The van der Waals surface area contributed by atoms with Crippen LogP contribution in [0.3, 0.4) is 0 Å². The van der Waals surface area contributed by atoms with Gasteiger partial charge in [0, 0.05) is 12.1 Å². The lowest BCUT2D eigenvalue weighted by atomic mass is 9.82. The first-order valence-corrected chi connectivity index (χ1v) is 7.92. The molecule has 0 aliphatic heterocycles. The number of hydrogen-bond acceptors (Lipinski definition) is 4. The van der Waals surface area contributed by atoms with Crippen molar-refractivity contribution in [3.05, 3.63) is 42.0 Å². The van der Waals surface area contributed by atoms with Crippen LogP contribution in [-0.4, -0.2) is 37.1 Å². The highest BCUT2D eigenvalue weighted by molar-refractivity contribution is 5.67. The molecule has 0 bridgehead atoms. The molecule has 0 radical (unpaired) electrons. The van der Waals surface area contributed by atoms with Crippen molar-refractivity contribution < 1.29 is 4.74 Å². The van der Waals surface area contributed by atoms with Gasteiger partial charge in [-0.1, -0.05) is 26.8 Å². The number of nitrogens with zero attached hydrogens (tertiary/aromatic N) is 2. The molecule has 2 aromatic rings. The maximum Gasteiger partial charge on any atom is 0.124 e. The second-order valence-electron chi connectivity index (χ2n) is 7.06. The van der Waals surface area contributed by atoms with Crippen LogP contribution in [0.4, 0.5) is 5.82 Å². The molecule has 0 unspecified atom stereocenters. The zero-order valence-electron chi connectivity index (χ0n) is 14.8. The summed E-state index contributed by atoms with van der Waals surface area (Å²) < 4.78 is 5.88. The third-order valence-electron chi connectivity index (χ3n) is 3.65. The van der Waals surface area contributed by atoms with Crippen molar-refractivity contribution in [2.75, 3.05) is 33.0 Å². The monoisotopic (exact) mass is 313 g/mol. The Morgan fingerprint density at radius 2 is 1.87 bits per heavy atom. The highest BCUT2D eigenvalue weighted by Crippen LogP contribution is 2.35. The van der Waals surface area contributed by atoms with E-state index in [-0.39, 0.29) is 5.41 Å². The van der Waals surface area contributed by atoms with Crippen molar-refractivity contribution in [1.82, 2.24) is 9.88 Å². The molecule has 4 heteroatoms. The Kier molecular flexibility index (Phi) is 5.26. The molecular formula is C19H27N3O. The Morgan fingerprint density at radius 3 is 2.48 bits per heavy atom. The van der Waals surface area contributed by atoms with E-state index in [1.807, 2.05) is 32.3 Å². The normalized spacial score (nSPS) is 11.7. The fraction of sp³-hybridized carbons (Fsp3) is 0.421. The number of ether oxygens (including phenoxy) is 1. The lowest BCUT2D eigenvalue weighted by Crippen LogP contribution is -2.20. The van der Waals surface area contributed by atoms with Gasteiger partial charge in [-0.05, 0) is 55.4 Å². The molecule has 0 atom stereocenters. The molecule has 2 N–H and O–H groups in total. The van der Waals surface area contributed by atoms with Crippen molar-refractivity contribution in [2.45, 2.75) is 26.2 Å². The van der Waals surface area contributed by atoms with Gasteiger partial charge in [0.25, 0.3) is 0 Å². The largest absolute Gasteiger partial charge is 0.492 e. The van der Waals surface area contributed by atoms with Crippen LogP contribution in [0.15, 0.2) is 36.4 Å². The molecule has 124 valence electrons. The molecular weight excluding hydrogens is 286 g/mol. The average molecular weight is 313 g/mol. The molecule has 0 saturated carbocycles. The van der Waals surface area contributed by atoms with Crippen LogP contribution in [0.1, 0.15) is 26.3 Å². The van der Waals surface area contributed by atoms with E-state index in [2.05, 4.69) is 42.8 Å².